The molecule has 4 aromatic rings. The Morgan fingerprint density at radius 1 is 1.17 bits per heavy atom. The monoisotopic (exact) mass is 411 g/mol. The molecule has 0 atom stereocenters. The van der Waals surface area contributed by atoms with Gasteiger partial charge in [-0.2, -0.15) is 9.67 Å². The Labute approximate surface area is 168 Å². The van der Waals surface area contributed by atoms with Gasteiger partial charge in [0.15, 0.2) is 5.82 Å². The molecule has 2 aromatic carbocycles. The second-order valence-corrected chi connectivity index (χ2v) is 6.37. The lowest BCUT2D eigenvalue weighted by Crippen LogP contribution is -2.13. The number of carbonyl (C=O) groups excluding carboxylic acids is 1. The molecule has 0 unspecified atom stereocenters. The highest BCUT2D eigenvalue weighted by molar-refractivity contribution is 5.91. The van der Waals surface area contributed by atoms with Crippen molar-refractivity contribution < 1.29 is 18.1 Å². The van der Waals surface area contributed by atoms with Crippen LogP contribution in [0.5, 0.6) is 0 Å². The SMILES string of the molecule is Cc1nnnn1-c1cc(NC(=O)CCc2nc(-c3ccc(F)cc3)no2)ccc1F. The highest BCUT2D eigenvalue weighted by Gasteiger charge is 2.14. The summed E-state index contributed by atoms with van der Waals surface area (Å²) in [7, 11) is 0. The lowest BCUT2D eigenvalue weighted by Gasteiger charge is -2.08. The number of amides is 1. The first-order valence-electron chi connectivity index (χ1n) is 8.93. The van der Waals surface area contributed by atoms with Gasteiger partial charge in [0.2, 0.25) is 17.6 Å². The molecule has 0 saturated heterocycles. The van der Waals surface area contributed by atoms with E-state index in [-0.39, 0.29) is 36.1 Å². The maximum absolute atomic E-state index is 14.1. The van der Waals surface area contributed by atoms with E-state index < -0.39 is 5.82 Å². The summed E-state index contributed by atoms with van der Waals surface area (Å²) in [6.07, 6.45) is 0.280. The molecule has 0 aliphatic heterocycles. The molecule has 1 N–H and O–H groups in total. The highest BCUT2D eigenvalue weighted by atomic mass is 19.1. The van der Waals surface area contributed by atoms with Gasteiger partial charge in [-0.15, -0.1) is 5.10 Å². The topological polar surface area (TPSA) is 112 Å². The third-order valence-corrected chi connectivity index (χ3v) is 4.22. The van der Waals surface area contributed by atoms with Crippen molar-refractivity contribution in [2.24, 2.45) is 0 Å². The van der Waals surface area contributed by atoms with Crippen molar-refractivity contribution in [1.29, 1.82) is 0 Å². The van der Waals surface area contributed by atoms with Gasteiger partial charge in [-0.3, -0.25) is 4.79 Å². The van der Waals surface area contributed by atoms with E-state index in [1.54, 1.807) is 6.92 Å². The maximum Gasteiger partial charge on any atom is 0.227 e. The molecule has 0 spiro atoms. The Bertz CT molecular complexity index is 1190. The van der Waals surface area contributed by atoms with Crippen molar-refractivity contribution in [2.75, 3.05) is 5.32 Å². The van der Waals surface area contributed by atoms with Gasteiger partial charge in [0.05, 0.1) is 0 Å². The lowest BCUT2D eigenvalue weighted by molar-refractivity contribution is -0.116. The molecule has 1 amide bonds. The van der Waals surface area contributed by atoms with Crippen LogP contribution in [-0.2, 0) is 11.2 Å². The van der Waals surface area contributed by atoms with Crippen LogP contribution < -0.4 is 5.32 Å². The molecule has 2 aromatic heterocycles. The third-order valence-electron chi connectivity index (χ3n) is 4.22. The summed E-state index contributed by atoms with van der Waals surface area (Å²) >= 11 is 0. The third kappa shape index (κ3) is 4.19. The summed E-state index contributed by atoms with van der Waals surface area (Å²) in [6.45, 7) is 1.63. The van der Waals surface area contributed by atoms with Crippen LogP contribution in [-0.4, -0.2) is 36.3 Å². The van der Waals surface area contributed by atoms with Gasteiger partial charge in [0, 0.05) is 24.1 Å². The Kier molecular flexibility index (Phi) is 5.24. The maximum atomic E-state index is 14.1. The van der Waals surface area contributed by atoms with Gasteiger partial charge < -0.3 is 9.84 Å². The van der Waals surface area contributed by atoms with E-state index in [9.17, 15) is 13.6 Å². The molecule has 11 heteroatoms. The molecule has 4 rings (SSSR count). The second-order valence-electron chi connectivity index (χ2n) is 6.37. The molecule has 0 radical (unpaired) electrons. The first-order valence-corrected chi connectivity index (χ1v) is 8.93. The first-order chi connectivity index (χ1) is 14.5. The number of rotatable bonds is 6. The minimum atomic E-state index is -0.525. The van der Waals surface area contributed by atoms with Crippen LogP contribution in [0.15, 0.2) is 47.0 Å². The zero-order valence-corrected chi connectivity index (χ0v) is 15.7. The van der Waals surface area contributed by atoms with Gasteiger partial charge in [0.1, 0.15) is 17.3 Å². The van der Waals surface area contributed by atoms with Crippen LogP contribution in [0.1, 0.15) is 18.1 Å². The quantitative estimate of drug-likeness (QED) is 0.519. The summed E-state index contributed by atoms with van der Waals surface area (Å²) in [5, 5.41) is 17.5. The van der Waals surface area contributed by atoms with E-state index >= 15 is 0 Å². The molecule has 0 aliphatic carbocycles. The molecule has 0 aliphatic rings. The van der Waals surface area contributed by atoms with Crippen molar-refractivity contribution in [2.45, 2.75) is 19.8 Å². The number of nitrogens with one attached hydrogen (secondary N) is 1. The van der Waals surface area contributed by atoms with Crippen molar-refractivity contribution >= 4 is 11.6 Å². The van der Waals surface area contributed by atoms with E-state index in [0.29, 0.717) is 22.9 Å². The van der Waals surface area contributed by atoms with Crippen LogP contribution in [0.4, 0.5) is 14.5 Å². The fourth-order valence-corrected chi connectivity index (χ4v) is 2.72. The van der Waals surface area contributed by atoms with Crippen LogP contribution in [0.3, 0.4) is 0 Å². The number of hydrogen-bond acceptors (Lipinski definition) is 7. The average molecular weight is 411 g/mol. The minimum Gasteiger partial charge on any atom is -0.339 e. The Hall–Kier alpha value is -4.02. The lowest BCUT2D eigenvalue weighted by atomic mass is 10.2. The van der Waals surface area contributed by atoms with Gasteiger partial charge in [0.25, 0.3) is 0 Å². The van der Waals surface area contributed by atoms with Crippen LogP contribution in [0.25, 0.3) is 17.1 Å². The van der Waals surface area contributed by atoms with Gasteiger partial charge in [-0.1, -0.05) is 5.16 Å². The molecular weight excluding hydrogens is 396 g/mol. The molecule has 9 nitrogen and oxygen atoms in total. The zero-order chi connectivity index (χ0) is 21.1. The van der Waals surface area contributed by atoms with Crippen LogP contribution in [0.2, 0.25) is 0 Å². The van der Waals surface area contributed by atoms with Crippen molar-refractivity contribution in [3.63, 3.8) is 0 Å². The molecule has 0 bridgehead atoms. The number of aryl methyl sites for hydroxylation is 2. The van der Waals surface area contributed by atoms with E-state index in [4.69, 9.17) is 4.52 Å². The van der Waals surface area contributed by atoms with E-state index in [0.717, 1.165) is 0 Å². The molecule has 2 heterocycles. The number of nitrogens with zero attached hydrogens (tertiary/aromatic N) is 6. The van der Waals surface area contributed by atoms with Crippen LogP contribution >= 0.6 is 0 Å². The van der Waals surface area contributed by atoms with Crippen molar-refractivity contribution in [3.8, 4) is 17.1 Å². The summed E-state index contributed by atoms with van der Waals surface area (Å²) in [4.78, 5) is 16.5. The number of hydrogen-bond donors (Lipinski definition) is 1. The number of anilines is 1. The Morgan fingerprint density at radius 3 is 2.70 bits per heavy atom. The molecule has 0 saturated carbocycles. The Morgan fingerprint density at radius 2 is 1.97 bits per heavy atom. The van der Waals surface area contributed by atoms with Crippen molar-refractivity contribution in [1.82, 2.24) is 30.3 Å². The number of carbonyl (C=O) groups is 1. The number of benzene rings is 2. The van der Waals surface area contributed by atoms with E-state index in [1.807, 2.05) is 0 Å². The summed E-state index contributed by atoms with van der Waals surface area (Å²) in [5.74, 6) is -0.215. The molecule has 0 fully saturated rings. The number of tetrazole rings is 1. The second kappa shape index (κ2) is 8.15. The van der Waals surface area contributed by atoms with Gasteiger partial charge in [-0.05, 0) is 59.8 Å². The van der Waals surface area contributed by atoms with E-state index in [1.165, 1.54) is 47.1 Å². The molecule has 30 heavy (non-hydrogen) atoms. The van der Waals surface area contributed by atoms with Gasteiger partial charge in [-0.25, -0.2) is 8.78 Å². The van der Waals surface area contributed by atoms with Gasteiger partial charge >= 0.3 is 0 Å². The summed E-state index contributed by atoms with van der Waals surface area (Å²) in [5.41, 5.74) is 1.12. The summed E-state index contributed by atoms with van der Waals surface area (Å²) in [6, 6.07) is 9.77. The smallest absolute Gasteiger partial charge is 0.227 e. The average Bonchev–Trinajstić information content (AvgIpc) is 3.38. The predicted molar refractivity (Wildman–Crippen MR) is 100 cm³/mol. The van der Waals surface area contributed by atoms with Crippen molar-refractivity contribution in [3.05, 3.63) is 65.8 Å². The van der Waals surface area contributed by atoms with Crippen LogP contribution in [0, 0.1) is 18.6 Å². The predicted octanol–water partition coefficient (Wildman–Crippen LogP) is 2.87. The highest BCUT2D eigenvalue weighted by Crippen LogP contribution is 2.20. The Balaban J connectivity index is 1.39. The normalized spacial score (nSPS) is 10.9. The summed E-state index contributed by atoms with van der Waals surface area (Å²) < 4.78 is 33.5. The minimum absolute atomic E-state index is 0.0711. The standard InChI is InChI=1S/C19H15F2N7O2/c1-11-24-26-27-28(11)16-10-14(6-7-15(16)21)22-17(29)8-9-18-23-19(25-30-18)12-2-4-13(20)5-3-12/h2-7,10H,8-9H2,1H3,(H,22,29). The molecular formula is C19H15F2N7O2. The first kappa shape index (κ1) is 19.3. The zero-order valence-electron chi connectivity index (χ0n) is 15.7. The number of halogens is 2. The fraction of sp³-hybridized carbons (Fsp3) is 0.158. The van der Waals surface area contributed by atoms with E-state index in [2.05, 4.69) is 31.0 Å². The molecule has 152 valence electrons. The largest absolute Gasteiger partial charge is 0.339 e. The fourth-order valence-electron chi connectivity index (χ4n) is 2.72. The number of aromatic nitrogens is 6.